The lowest BCUT2D eigenvalue weighted by atomic mass is 10.2. The lowest BCUT2D eigenvalue weighted by Crippen LogP contribution is -2.05. The first-order chi connectivity index (χ1) is 9.38. The molecule has 0 fully saturated rings. The standard InChI is InChI=1S/C14H9F4NO/c15-13-4-2-1-3-10(13)9-19(20)12-7-5-11(6-8-12)14(16,17)18/h1-9H. The van der Waals surface area contributed by atoms with Crippen molar-refractivity contribution >= 4 is 11.9 Å². The first-order valence-corrected chi connectivity index (χ1v) is 5.61. The van der Waals surface area contributed by atoms with Gasteiger partial charge < -0.3 is 5.21 Å². The van der Waals surface area contributed by atoms with Gasteiger partial charge in [0.15, 0.2) is 6.21 Å². The minimum atomic E-state index is -4.46. The van der Waals surface area contributed by atoms with E-state index in [1.807, 2.05) is 0 Å². The molecule has 2 rings (SSSR count). The van der Waals surface area contributed by atoms with Gasteiger partial charge in [-0.05, 0) is 24.3 Å². The number of benzene rings is 2. The zero-order valence-corrected chi connectivity index (χ0v) is 10.1. The molecule has 6 heteroatoms. The van der Waals surface area contributed by atoms with Crippen molar-refractivity contribution in [3.05, 3.63) is 70.7 Å². The molecule has 2 nitrogen and oxygen atoms in total. The van der Waals surface area contributed by atoms with Crippen molar-refractivity contribution in [3.63, 3.8) is 0 Å². The third-order valence-electron chi connectivity index (χ3n) is 2.61. The predicted molar refractivity (Wildman–Crippen MR) is 66.3 cm³/mol. The van der Waals surface area contributed by atoms with Crippen LogP contribution in [0.15, 0.2) is 48.5 Å². The maximum absolute atomic E-state index is 13.3. The number of hydrogen-bond donors (Lipinski definition) is 0. The maximum Gasteiger partial charge on any atom is 0.416 e. The van der Waals surface area contributed by atoms with Crippen LogP contribution in [-0.2, 0) is 6.18 Å². The second-order valence-electron chi connectivity index (χ2n) is 4.02. The van der Waals surface area contributed by atoms with Gasteiger partial charge in [-0.25, -0.2) is 4.39 Å². The van der Waals surface area contributed by atoms with Crippen LogP contribution in [0.1, 0.15) is 11.1 Å². The van der Waals surface area contributed by atoms with Gasteiger partial charge in [0.05, 0.1) is 11.1 Å². The van der Waals surface area contributed by atoms with Crippen LogP contribution in [-0.4, -0.2) is 11.0 Å². The summed E-state index contributed by atoms with van der Waals surface area (Å²) < 4.78 is 50.8. The highest BCUT2D eigenvalue weighted by Gasteiger charge is 2.30. The maximum atomic E-state index is 13.3. The van der Waals surface area contributed by atoms with Gasteiger partial charge >= 0.3 is 6.18 Å². The van der Waals surface area contributed by atoms with Crippen LogP contribution >= 0.6 is 0 Å². The van der Waals surface area contributed by atoms with Crippen LogP contribution < -0.4 is 0 Å². The molecule has 0 spiro atoms. The summed E-state index contributed by atoms with van der Waals surface area (Å²) in [6, 6.07) is 9.28. The van der Waals surface area contributed by atoms with E-state index in [1.54, 1.807) is 6.07 Å². The summed E-state index contributed by atoms with van der Waals surface area (Å²) in [5.74, 6) is -0.583. The van der Waals surface area contributed by atoms with Crippen molar-refractivity contribution in [2.45, 2.75) is 6.18 Å². The van der Waals surface area contributed by atoms with Gasteiger partial charge in [0.2, 0.25) is 5.69 Å². The zero-order valence-electron chi connectivity index (χ0n) is 10.1. The van der Waals surface area contributed by atoms with Gasteiger partial charge in [0, 0.05) is 12.1 Å². The summed E-state index contributed by atoms with van der Waals surface area (Å²) in [6.45, 7) is 0. The van der Waals surface area contributed by atoms with Crippen molar-refractivity contribution in [1.29, 1.82) is 0 Å². The molecule has 0 atom stereocenters. The lowest BCUT2D eigenvalue weighted by Gasteiger charge is -2.07. The second-order valence-corrected chi connectivity index (χ2v) is 4.02. The Labute approximate surface area is 112 Å². The molecule has 0 aliphatic heterocycles. The fraction of sp³-hybridized carbons (Fsp3) is 0.0714. The monoisotopic (exact) mass is 283 g/mol. The molecule has 0 saturated heterocycles. The summed E-state index contributed by atoms with van der Waals surface area (Å²) in [4.78, 5) is 0. The highest BCUT2D eigenvalue weighted by molar-refractivity contribution is 5.76. The Morgan fingerprint density at radius 3 is 2.10 bits per heavy atom. The number of nitrogens with zero attached hydrogens (tertiary/aromatic N) is 1. The predicted octanol–water partition coefficient (Wildman–Crippen LogP) is 4.11. The highest BCUT2D eigenvalue weighted by Crippen LogP contribution is 2.30. The van der Waals surface area contributed by atoms with E-state index in [2.05, 4.69) is 0 Å². The van der Waals surface area contributed by atoms with E-state index in [0.717, 1.165) is 30.5 Å². The molecule has 0 heterocycles. The lowest BCUT2D eigenvalue weighted by molar-refractivity contribution is -0.354. The van der Waals surface area contributed by atoms with E-state index >= 15 is 0 Å². The third kappa shape index (κ3) is 3.14. The molecule has 0 bridgehead atoms. The van der Waals surface area contributed by atoms with Gasteiger partial charge in [0.1, 0.15) is 5.82 Å². The van der Waals surface area contributed by atoms with Gasteiger partial charge in [-0.15, -0.1) is 0 Å². The fourth-order valence-corrected chi connectivity index (χ4v) is 1.58. The number of hydrogen-bond acceptors (Lipinski definition) is 1. The molecule has 2 aromatic rings. The van der Waals surface area contributed by atoms with E-state index in [-0.39, 0.29) is 11.3 Å². The highest BCUT2D eigenvalue weighted by atomic mass is 19.4. The average molecular weight is 283 g/mol. The quantitative estimate of drug-likeness (QED) is 0.268. The number of alkyl halides is 3. The largest absolute Gasteiger partial charge is 0.618 e. The molecular weight excluding hydrogens is 274 g/mol. The van der Waals surface area contributed by atoms with Gasteiger partial charge in [-0.3, -0.25) is 0 Å². The van der Waals surface area contributed by atoms with E-state index in [1.165, 1.54) is 18.2 Å². The van der Waals surface area contributed by atoms with Crippen molar-refractivity contribution in [2.75, 3.05) is 0 Å². The molecule has 0 radical (unpaired) electrons. The molecule has 2 aromatic carbocycles. The molecule has 0 N–H and O–H groups in total. The number of halogens is 4. The summed E-state index contributed by atoms with van der Waals surface area (Å²) in [7, 11) is 0. The van der Waals surface area contributed by atoms with E-state index < -0.39 is 17.6 Å². The average Bonchev–Trinajstić information content (AvgIpc) is 2.40. The molecule has 0 unspecified atom stereocenters. The molecule has 104 valence electrons. The van der Waals surface area contributed by atoms with E-state index in [0.29, 0.717) is 4.74 Å². The van der Waals surface area contributed by atoms with Crippen molar-refractivity contribution < 1.29 is 22.3 Å². The Balaban J connectivity index is 2.30. The Morgan fingerprint density at radius 2 is 1.55 bits per heavy atom. The van der Waals surface area contributed by atoms with Crippen LogP contribution in [0.4, 0.5) is 23.2 Å². The van der Waals surface area contributed by atoms with Gasteiger partial charge in [0.25, 0.3) is 0 Å². The first kappa shape index (κ1) is 14.0. The zero-order chi connectivity index (χ0) is 14.8. The summed E-state index contributed by atoms with van der Waals surface area (Å²) in [6.07, 6.45) is -3.49. The summed E-state index contributed by atoms with van der Waals surface area (Å²) in [5, 5.41) is 11.7. The van der Waals surface area contributed by atoms with Crippen LogP contribution in [0.25, 0.3) is 0 Å². The van der Waals surface area contributed by atoms with Crippen LogP contribution in [0.3, 0.4) is 0 Å². The molecule has 0 aliphatic carbocycles. The van der Waals surface area contributed by atoms with Crippen molar-refractivity contribution in [2.24, 2.45) is 0 Å². The second kappa shape index (κ2) is 5.32. The molecule has 20 heavy (non-hydrogen) atoms. The first-order valence-electron chi connectivity index (χ1n) is 5.61. The summed E-state index contributed by atoms with van der Waals surface area (Å²) >= 11 is 0. The van der Waals surface area contributed by atoms with Crippen LogP contribution in [0.2, 0.25) is 0 Å². The van der Waals surface area contributed by atoms with Crippen LogP contribution in [0.5, 0.6) is 0 Å². The molecule has 0 aromatic heterocycles. The smallest absolute Gasteiger partial charge is 0.416 e. The Morgan fingerprint density at radius 1 is 0.950 bits per heavy atom. The van der Waals surface area contributed by atoms with Crippen molar-refractivity contribution in [3.8, 4) is 0 Å². The topological polar surface area (TPSA) is 26.1 Å². The minimum Gasteiger partial charge on any atom is -0.618 e. The molecule has 0 aliphatic rings. The van der Waals surface area contributed by atoms with Crippen molar-refractivity contribution in [1.82, 2.24) is 0 Å². The molecule has 0 saturated carbocycles. The van der Waals surface area contributed by atoms with E-state index in [4.69, 9.17) is 0 Å². The van der Waals surface area contributed by atoms with Crippen LogP contribution in [0, 0.1) is 11.0 Å². The Bertz CT molecular complexity index is 632. The normalized spacial score (nSPS) is 12.5. The number of rotatable bonds is 2. The third-order valence-corrected chi connectivity index (χ3v) is 2.61. The molecule has 0 amide bonds. The SMILES string of the molecule is [O-][N+](=Cc1ccccc1F)c1ccc(C(F)(F)F)cc1. The molecular formula is C14H9F4NO. The van der Waals surface area contributed by atoms with E-state index in [9.17, 15) is 22.8 Å². The Hall–Kier alpha value is -2.37. The fourth-order valence-electron chi connectivity index (χ4n) is 1.58. The Kier molecular flexibility index (Phi) is 3.74. The summed E-state index contributed by atoms with van der Waals surface area (Å²) in [5.41, 5.74) is -0.802. The van der Waals surface area contributed by atoms with Gasteiger partial charge in [-0.2, -0.15) is 17.9 Å². The minimum absolute atomic E-state index is 0.0127. The van der Waals surface area contributed by atoms with Gasteiger partial charge in [-0.1, -0.05) is 12.1 Å².